The lowest BCUT2D eigenvalue weighted by Gasteiger charge is -2.27. The second-order valence-electron chi connectivity index (χ2n) is 6.52. The molecule has 1 atom stereocenters. The summed E-state index contributed by atoms with van der Waals surface area (Å²) in [5.74, 6) is -0.539. The number of para-hydroxylation sites is 2. The van der Waals surface area contributed by atoms with Gasteiger partial charge in [-0.05, 0) is 31.2 Å². The first-order valence-corrected chi connectivity index (χ1v) is 9.40. The number of aromatic nitrogens is 1. The van der Waals surface area contributed by atoms with E-state index < -0.39 is 23.9 Å². The number of ether oxygens (including phenoxy) is 2. The van der Waals surface area contributed by atoms with Crippen LogP contribution in [0.4, 0.5) is 5.69 Å². The molecule has 0 saturated heterocycles. The highest BCUT2D eigenvalue weighted by molar-refractivity contribution is 6.32. The molecule has 0 fully saturated rings. The van der Waals surface area contributed by atoms with E-state index in [9.17, 15) is 9.59 Å². The lowest BCUT2D eigenvalue weighted by atomic mass is 9.88. The van der Waals surface area contributed by atoms with E-state index in [1.165, 1.54) is 13.1 Å². The van der Waals surface area contributed by atoms with Gasteiger partial charge in [-0.3, -0.25) is 9.59 Å². The number of halogens is 1. The highest BCUT2D eigenvalue weighted by Gasteiger charge is 2.35. The number of nitrogens with one attached hydrogen (secondary N) is 1. The molecule has 1 aromatic heterocycles. The van der Waals surface area contributed by atoms with Gasteiger partial charge >= 0.3 is 5.97 Å². The molecule has 2 aromatic carbocycles. The molecule has 1 N–H and O–H groups in total. The van der Waals surface area contributed by atoms with Crippen molar-refractivity contribution in [3.63, 3.8) is 0 Å². The van der Waals surface area contributed by atoms with Gasteiger partial charge in [-0.1, -0.05) is 48.0 Å². The van der Waals surface area contributed by atoms with Gasteiger partial charge in [0.15, 0.2) is 11.3 Å². The number of carbonyl (C=O) groups is 2. The standard InChI is InChI=1S/C22H17ClN2O4/c1-13(21(26)25-16-9-6-12-24-20(16)23)28-22(27)19-14-7-2-4-10-17(14)29-18-11-5-3-8-15(18)19/h2-13,19H,1H3,(H,25,26). The van der Waals surface area contributed by atoms with Crippen molar-refractivity contribution in [2.45, 2.75) is 18.9 Å². The van der Waals surface area contributed by atoms with E-state index in [-0.39, 0.29) is 5.15 Å². The van der Waals surface area contributed by atoms with Crippen LogP contribution >= 0.6 is 11.6 Å². The molecule has 3 aromatic rings. The van der Waals surface area contributed by atoms with Crippen LogP contribution in [0, 0.1) is 0 Å². The Balaban J connectivity index is 1.55. The van der Waals surface area contributed by atoms with Crippen LogP contribution in [0.15, 0.2) is 66.9 Å². The van der Waals surface area contributed by atoms with Crippen LogP contribution in [0.2, 0.25) is 5.15 Å². The number of carbonyl (C=O) groups excluding carboxylic acids is 2. The molecule has 0 bridgehead atoms. The molecular weight excluding hydrogens is 392 g/mol. The molecule has 1 aliphatic rings. The maximum atomic E-state index is 13.1. The summed E-state index contributed by atoms with van der Waals surface area (Å²) in [6, 6.07) is 17.8. The highest BCUT2D eigenvalue weighted by Crippen LogP contribution is 2.44. The maximum absolute atomic E-state index is 13.1. The van der Waals surface area contributed by atoms with Crippen molar-refractivity contribution >= 4 is 29.2 Å². The number of pyridine rings is 1. The predicted octanol–water partition coefficient (Wildman–Crippen LogP) is 4.54. The number of hydrogen-bond acceptors (Lipinski definition) is 5. The van der Waals surface area contributed by atoms with Gasteiger partial charge in [-0.15, -0.1) is 0 Å². The first kappa shape index (κ1) is 19.0. The third kappa shape index (κ3) is 3.79. The summed E-state index contributed by atoms with van der Waals surface area (Å²) >= 11 is 5.97. The van der Waals surface area contributed by atoms with Crippen LogP contribution in [0.3, 0.4) is 0 Å². The largest absolute Gasteiger partial charge is 0.457 e. The molecule has 1 unspecified atom stereocenters. The molecule has 6 nitrogen and oxygen atoms in total. The highest BCUT2D eigenvalue weighted by atomic mass is 35.5. The Bertz CT molecular complexity index is 1040. The molecule has 0 saturated carbocycles. The van der Waals surface area contributed by atoms with Gasteiger partial charge in [0.25, 0.3) is 5.91 Å². The van der Waals surface area contributed by atoms with Crippen LogP contribution in [0.5, 0.6) is 11.5 Å². The lowest BCUT2D eigenvalue weighted by Crippen LogP contribution is -2.32. The average molecular weight is 409 g/mol. The molecule has 0 aliphatic carbocycles. The summed E-state index contributed by atoms with van der Waals surface area (Å²) in [6.07, 6.45) is 0.488. The van der Waals surface area contributed by atoms with Gasteiger partial charge in [0.05, 0.1) is 5.69 Å². The van der Waals surface area contributed by atoms with Crippen molar-refractivity contribution in [3.05, 3.63) is 83.1 Å². The van der Waals surface area contributed by atoms with Crippen LogP contribution in [-0.4, -0.2) is 23.0 Å². The normalized spacial score (nSPS) is 13.4. The topological polar surface area (TPSA) is 77.5 Å². The Hall–Kier alpha value is -3.38. The quantitative estimate of drug-likeness (QED) is 0.506. The number of anilines is 1. The van der Waals surface area contributed by atoms with Gasteiger partial charge in [0.1, 0.15) is 17.4 Å². The SMILES string of the molecule is CC(OC(=O)C1c2ccccc2Oc2ccccc21)C(=O)Nc1cccnc1Cl. The minimum atomic E-state index is -1.03. The van der Waals surface area contributed by atoms with Crippen LogP contribution < -0.4 is 10.1 Å². The smallest absolute Gasteiger partial charge is 0.318 e. The molecule has 4 rings (SSSR count). The van der Waals surface area contributed by atoms with E-state index in [4.69, 9.17) is 21.1 Å². The van der Waals surface area contributed by atoms with Gasteiger partial charge in [-0.25, -0.2) is 4.98 Å². The molecule has 1 amide bonds. The van der Waals surface area contributed by atoms with Crippen molar-refractivity contribution in [1.82, 2.24) is 4.98 Å². The van der Waals surface area contributed by atoms with E-state index in [1.54, 1.807) is 24.3 Å². The Kier molecular flexibility index (Phi) is 5.18. The van der Waals surface area contributed by atoms with Crippen molar-refractivity contribution in [2.75, 3.05) is 5.32 Å². The Morgan fingerprint density at radius 3 is 2.28 bits per heavy atom. The monoisotopic (exact) mass is 408 g/mol. The summed E-state index contributed by atoms with van der Waals surface area (Å²) in [5, 5.41) is 2.78. The average Bonchev–Trinajstić information content (AvgIpc) is 2.73. The third-order valence-electron chi connectivity index (χ3n) is 4.59. The minimum Gasteiger partial charge on any atom is -0.457 e. The van der Waals surface area contributed by atoms with Gasteiger partial charge < -0.3 is 14.8 Å². The number of fused-ring (bicyclic) bond motifs is 2. The summed E-state index contributed by atoms with van der Waals surface area (Å²) in [7, 11) is 0. The second-order valence-corrected chi connectivity index (χ2v) is 6.88. The summed E-state index contributed by atoms with van der Waals surface area (Å²) in [4.78, 5) is 29.4. The van der Waals surface area contributed by atoms with Gasteiger partial charge in [-0.2, -0.15) is 0 Å². The van der Waals surface area contributed by atoms with Gasteiger partial charge in [0.2, 0.25) is 0 Å². The fraction of sp³-hybridized carbons (Fsp3) is 0.136. The summed E-state index contributed by atoms with van der Waals surface area (Å²) < 4.78 is 11.4. The predicted molar refractivity (Wildman–Crippen MR) is 108 cm³/mol. The molecule has 0 spiro atoms. The number of nitrogens with zero attached hydrogens (tertiary/aromatic N) is 1. The van der Waals surface area contributed by atoms with Crippen molar-refractivity contribution in [3.8, 4) is 11.5 Å². The fourth-order valence-corrected chi connectivity index (χ4v) is 3.34. The number of esters is 1. The Morgan fingerprint density at radius 1 is 1.03 bits per heavy atom. The minimum absolute atomic E-state index is 0.159. The van der Waals surface area contributed by atoms with E-state index in [0.717, 1.165) is 0 Å². The van der Waals surface area contributed by atoms with E-state index >= 15 is 0 Å². The van der Waals surface area contributed by atoms with Crippen molar-refractivity contribution < 1.29 is 19.1 Å². The fourth-order valence-electron chi connectivity index (χ4n) is 3.17. The van der Waals surface area contributed by atoms with E-state index in [0.29, 0.717) is 28.3 Å². The van der Waals surface area contributed by atoms with Crippen LogP contribution in [0.1, 0.15) is 24.0 Å². The number of benzene rings is 2. The molecule has 7 heteroatoms. The zero-order valence-electron chi connectivity index (χ0n) is 15.5. The van der Waals surface area contributed by atoms with Gasteiger partial charge in [0, 0.05) is 17.3 Å². The van der Waals surface area contributed by atoms with Crippen LogP contribution in [-0.2, 0) is 14.3 Å². The summed E-state index contributed by atoms with van der Waals surface area (Å²) in [6.45, 7) is 1.51. The van der Waals surface area contributed by atoms with Crippen molar-refractivity contribution in [1.29, 1.82) is 0 Å². The molecule has 146 valence electrons. The van der Waals surface area contributed by atoms with E-state index in [2.05, 4.69) is 10.3 Å². The molecular formula is C22H17ClN2O4. The first-order valence-electron chi connectivity index (χ1n) is 9.02. The molecule has 1 aliphatic heterocycles. The van der Waals surface area contributed by atoms with E-state index in [1.807, 2.05) is 36.4 Å². The second kappa shape index (κ2) is 7.93. The number of amides is 1. The molecule has 0 radical (unpaired) electrons. The Morgan fingerprint density at radius 2 is 1.66 bits per heavy atom. The maximum Gasteiger partial charge on any atom is 0.318 e. The third-order valence-corrected chi connectivity index (χ3v) is 4.90. The Labute approximate surface area is 172 Å². The number of hydrogen-bond donors (Lipinski definition) is 1. The van der Waals surface area contributed by atoms with Crippen LogP contribution in [0.25, 0.3) is 0 Å². The summed E-state index contributed by atoms with van der Waals surface area (Å²) in [5.41, 5.74) is 1.74. The zero-order chi connectivity index (χ0) is 20.4. The molecule has 2 heterocycles. The number of rotatable bonds is 4. The molecule has 29 heavy (non-hydrogen) atoms. The zero-order valence-corrected chi connectivity index (χ0v) is 16.2. The first-order chi connectivity index (χ1) is 14.0. The lowest BCUT2D eigenvalue weighted by molar-refractivity contribution is -0.153. The van der Waals surface area contributed by atoms with Crippen molar-refractivity contribution in [2.24, 2.45) is 0 Å².